The van der Waals surface area contributed by atoms with Gasteiger partial charge in [0.25, 0.3) is 0 Å². The van der Waals surface area contributed by atoms with Crippen LogP contribution in [0.25, 0.3) is 33.5 Å². The van der Waals surface area contributed by atoms with Crippen molar-refractivity contribution in [2.45, 2.75) is 32.6 Å². The Labute approximate surface area is 356 Å². The van der Waals surface area contributed by atoms with Crippen LogP contribution in [0.5, 0.6) is 0 Å². The number of carbonyl (C=O) groups is 2. The highest BCUT2D eigenvalue weighted by molar-refractivity contribution is 5.88. The highest BCUT2D eigenvalue weighted by Gasteiger charge is 2.18. The molecule has 1 aromatic heterocycles. The van der Waals surface area contributed by atoms with E-state index in [4.69, 9.17) is 19.8 Å². The molecule has 0 aliphatic carbocycles. The topological polar surface area (TPSA) is 95.9 Å². The molecule has 0 unspecified atom stereocenters. The van der Waals surface area contributed by atoms with E-state index in [1.165, 1.54) is 0 Å². The van der Waals surface area contributed by atoms with Crippen LogP contribution in [0.3, 0.4) is 0 Å². The van der Waals surface area contributed by atoms with Crippen LogP contribution < -0.4 is 9.80 Å². The Balaban J connectivity index is 1.11. The Hall–Kier alpha value is -7.42. The van der Waals surface area contributed by atoms with Crippen LogP contribution in [0.4, 0.5) is 34.1 Å². The maximum absolute atomic E-state index is 12.0. The smallest absolute Gasteiger partial charge is 0.306 e. The fraction of sp³-hybridized carbons (Fsp3) is 0.132. The number of carbonyl (C=O) groups excluding carboxylic acids is 2. The van der Waals surface area contributed by atoms with Crippen molar-refractivity contribution in [1.82, 2.24) is 9.97 Å². The van der Waals surface area contributed by atoms with Crippen molar-refractivity contribution in [2.24, 2.45) is 0 Å². The first kappa shape index (κ1) is 40.4. The average molecular weight is 803 g/mol. The van der Waals surface area contributed by atoms with Crippen LogP contribution in [0, 0.1) is 0 Å². The molecular formula is C53H46N4O4. The lowest BCUT2D eigenvalue weighted by Gasteiger charge is -2.26. The van der Waals surface area contributed by atoms with Crippen molar-refractivity contribution in [3.05, 3.63) is 193 Å². The number of anilines is 6. The predicted octanol–water partition coefficient (Wildman–Crippen LogP) is 11.9. The third-order valence-electron chi connectivity index (χ3n) is 10.5. The molecule has 1 heterocycles. The first-order valence-corrected chi connectivity index (χ1v) is 20.6. The van der Waals surface area contributed by atoms with Crippen molar-refractivity contribution in [2.75, 3.05) is 23.0 Å². The zero-order chi connectivity index (χ0) is 42.0. The second-order valence-corrected chi connectivity index (χ2v) is 14.8. The highest BCUT2D eigenvalue weighted by atomic mass is 16.5. The first-order chi connectivity index (χ1) is 29.9. The Morgan fingerprint density at radius 2 is 0.836 bits per heavy atom. The number of aliphatic hydroxyl groups is 1. The Bertz CT molecular complexity index is 2710. The number of ether oxygens (including phenoxy) is 1. The lowest BCUT2D eigenvalue weighted by atomic mass is 10.0. The van der Waals surface area contributed by atoms with Crippen molar-refractivity contribution < 1.29 is 19.4 Å². The van der Waals surface area contributed by atoms with Crippen LogP contribution in [-0.2, 0) is 27.2 Å². The van der Waals surface area contributed by atoms with Crippen LogP contribution in [0.1, 0.15) is 30.9 Å². The lowest BCUT2D eigenvalue weighted by Crippen LogP contribution is -2.10. The Morgan fingerprint density at radius 1 is 0.475 bits per heavy atom. The minimum absolute atomic E-state index is 0.0147. The predicted molar refractivity (Wildman–Crippen MR) is 245 cm³/mol. The summed E-state index contributed by atoms with van der Waals surface area (Å²) in [5.74, 6) is -0.133. The molecule has 1 N–H and O–H groups in total. The van der Waals surface area contributed by atoms with Gasteiger partial charge in [0.05, 0.1) is 29.0 Å². The van der Waals surface area contributed by atoms with Crippen molar-refractivity contribution >= 4 is 56.9 Å². The molecule has 8 nitrogen and oxygen atoms in total. The van der Waals surface area contributed by atoms with Crippen molar-refractivity contribution in [3.8, 4) is 22.5 Å². The van der Waals surface area contributed by atoms with E-state index in [1.54, 1.807) is 6.92 Å². The molecule has 302 valence electrons. The molecule has 61 heavy (non-hydrogen) atoms. The van der Waals surface area contributed by atoms with Crippen LogP contribution in [-0.4, -0.2) is 40.0 Å². The Kier molecular flexibility index (Phi) is 12.6. The molecule has 8 rings (SSSR count). The summed E-state index contributed by atoms with van der Waals surface area (Å²) in [5, 5.41) is 8.96. The molecule has 0 spiro atoms. The molecule has 0 bridgehead atoms. The molecule has 0 atom stereocenters. The quantitative estimate of drug-likeness (QED) is 0.0965. The van der Waals surface area contributed by atoms with Gasteiger partial charge in [-0.25, -0.2) is 9.97 Å². The van der Waals surface area contributed by atoms with Gasteiger partial charge in [0, 0.05) is 58.1 Å². The number of para-hydroxylation sites is 4. The molecule has 0 saturated carbocycles. The molecule has 0 saturated heterocycles. The van der Waals surface area contributed by atoms with Gasteiger partial charge in [-0.2, -0.15) is 0 Å². The van der Waals surface area contributed by atoms with Crippen LogP contribution in [0.15, 0.2) is 182 Å². The monoisotopic (exact) mass is 802 g/mol. The summed E-state index contributed by atoms with van der Waals surface area (Å²) < 4.78 is 5.03. The third kappa shape index (κ3) is 9.73. The standard InChI is InChI=1S/C53H46N4O4/c1-38(59)16-17-39-18-27-45(28-19-39)56(43-10-4-2-5-11-43)47-31-23-41(24-32-47)52-53(55-50-15-9-8-14-49(50)54-52)42-25-33-48(34-26-42)57(44-12-6-3-7-13-44)46-29-20-40(21-30-46)22-35-51(60)61-37-36-58/h2-15,18-21,23-34,58H,16-17,22,35-37H2,1H3. The summed E-state index contributed by atoms with van der Waals surface area (Å²) in [6.07, 6.45) is 2.05. The zero-order valence-electron chi connectivity index (χ0n) is 34.0. The van der Waals surface area contributed by atoms with Gasteiger partial charge in [0.15, 0.2) is 0 Å². The van der Waals surface area contributed by atoms with E-state index in [0.29, 0.717) is 12.8 Å². The second-order valence-electron chi connectivity index (χ2n) is 14.8. The van der Waals surface area contributed by atoms with Gasteiger partial charge in [-0.3, -0.25) is 4.79 Å². The maximum atomic E-state index is 12.0. The number of hydrogen-bond acceptors (Lipinski definition) is 8. The van der Waals surface area contributed by atoms with E-state index in [1.807, 2.05) is 72.8 Å². The summed E-state index contributed by atoms with van der Waals surface area (Å²) in [4.78, 5) is 38.5. The van der Waals surface area contributed by atoms with Gasteiger partial charge in [-0.05, 0) is 116 Å². The minimum atomic E-state index is -0.323. The molecule has 0 aliphatic heterocycles. The molecule has 7 aromatic carbocycles. The van der Waals surface area contributed by atoms with E-state index in [-0.39, 0.29) is 31.4 Å². The van der Waals surface area contributed by atoms with Gasteiger partial charge >= 0.3 is 5.97 Å². The molecule has 0 fully saturated rings. The SMILES string of the molecule is CC(=O)CCc1ccc(N(c2ccccc2)c2ccc(-c3nc4ccccc4nc3-c3ccc(N(c4ccccc4)c4ccc(CCC(=O)OCCO)cc4)cc3)cc2)cc1. The second kappa shape index (κ2) is 19.1. The van der Waals surface area contributed by atoms with E-state index in [9.17, 15) is 9.59 Å². The van der Waals surface area contributed by atoms with E-state index < -0.39 is 0 Å². The highest BCUT2D eigenvalue weighted by Crippen LogP contribution is 2.39. The number of rotatable bonds is 16. The fourth-order valence-electron chi connectivity index (χ4n) is 7.41. The summed E-state index contributed by atoms with van der Waals surface area (Å²) >= 11 is 0. The van der Waals surface area contributed by atoms with Crippen molar-refractivity contribution in [1.29, 1.82) is 0 Å². The largest absolute Gasteiger partial charge is 0.463 e. The summed E-state index contributed by atoms with van der Waals surface area (Å²) in [5.41, 5.74) is 13.3. The Morgan fingerprint density at radius 3 is 1.23 bits per heavy atom. The van der Waals surface area contributed by atoms with Crippen molar-refractivity contribution in [3.63, 3.8) is 0 Å². The van der Waals surface area contributed by atoms with Gasteiger partial charge in [-0.15, -0.1) is 0 Å². The van der Waals surface area contributed by atoms with Gasteiger partial charge in [0.2, 0.25) is 0 Å². The van der Waals surface area contributed by atoms with Crippen LogP contribution >= 0.6 is 0 Å². The summed E-state index contributed by atoms with van der Waals surface area (Å²) in [7, 11) is 0. The van der Waals surface area contributed by atoms with Gasteiger partial charge in [0.1, 0.15) is 12.4 Å². The number of aromatic nitrogens is 2. The molecular weight excluding hydrogens is 757 g/mol. The van der Waals surface area contributed by atoms with E-state index >= 15 is 0 Å². The normalized spacial score (nSPS) is 11.0. The number of hydrogen-bond donors (Lipinski definition) is 1. The number of nitrogens with zero attached hydrogens (tertiary/aromatic N) is 4. The van der Waals surface area contributed by atoms with Crippen LogP contribution in [0.2, 0.25) is 0 Å². The first-order valence-electron chi connectivity index (χ1n) is 20.6. The molecule has 0 aliphatic rings. The lowest BCUT2D eigenvalue weighted by molar-refractivity contribution is -0.144. The number of esters is 1. The summed E-state index contributed by atoms with van der Waals surface area (Å²) in [6, 6.07) is 62.0. The molecule has 8 aromatic rings. The third-order valence-corrected chi connectivity index (χ3v) is 10.5. The average Bonchev–Trinajstić information content (AvgIpc) is 3.31. The maximum Gasteiger partial charge on any atom is 0.306 e. The van der Waals surface area contributed by atoms with E-state index in [0.717, 1.165) is 85.2 Å². The summed E-state index contributed by atoms with van der Waals surface area (Å²) in [6.45, 7) is 1.47. The fourth-order valence-corrected chi connectivity index (χ4v) is 7.41. The number of aryl methyl sites for hydroxylation is 2. The number of fused-ring (bicyclic) bond motifs is 1. The van der Waals surface area contributed by atoms with E-state index in [2.05, 4.69) is 119 Å². The van der Waals surface area contributed by atoms with Gasteiger partial charge < -0.3 is 24.4 Å². The minimum Gasteiger partial charge on any atom is -0.463 e. The number of Topliss-reactive ketones (excluding diaryl/α,β-unsaturated/α-hetero) is 1. The number of benzene rings is 7. The zero-order valence-corrected chi connectivity index (χ0v) is 34.0. The molecule has 8 heteroatoms. The van der Waals surface area contributed by atoms with Gasteiger partial charge in [-0.1, -0.05) is 97.1 Å². The number of aliphatic hydroxyl groups excluding tert-OH is 1. The number of ketones is 1. The molecule has 0 radical (unpaired) electrons. The molecule has 0 amide bonds.